The van der Waals surface area contributed by atoms with E-state index in [9.17, 15) is 4.79 Å². The number of unbranched alkanes of at least 4 members (excludes halogenated alkanes) is 4. The van der Waals surface area contributed by atoms with Crippen LogP contribution < -0.4 is 0 Å². The van der Waals surface area contributed by atoms with Crippen molar-refractivity contribution in [3.8, 4) is 0 Å². The Morgan fingerprint density at radius 1 is 1.44 bits per heavy atom. The van der Waals surface area contributed by atoms with Crippen molar-refractivity contribution in [2.24, 2.45) is 5.41 Å². The van der Waals surface area contributed by atoms with Crippen LogP contribution in [0.5, 0.6) is 0 Å². The maximum absolute atomic E-state index is 11.3. The number of Topliss-reactive ketones (excluding diaryl/α,β-unsaturated/α-hetero) is 1. The van der Waals surface area contributed by atoms with Gasteiger partial charge in [-0.2, -0.15) is 0 Å². The van der Waals surface area contributed by atoms with Gasteiger partial charge in [-0.3, -0.25) is 4.79 Å². The first-order chi connectivity index (χ1) is 7.58. The Hall–Kier alpha value is 0.140. The van der Waals surface area contributed by atoms with Crippen LogP contribution in [0.3, 0.4) is 0 Å². The monoisotopic (exact) mass is 334 g/mol. The van der Waals surface area contributed by atoms with Gasteiger partial charge in [-0.25, -0.2) is 0 Å². The van der Waals surface area contributed by atoms with Gasteiger partial charge in [0.05, 0.1) is 0 Å². The molecule has 0 aliphatic heterocycles. The molecule has 0 unspecified atom stereocenters. The first kappa shape index (κ1) is 14.2. The molecule has 0 radical (unpaired) electrons. The summed E-state index contributed by atoms with van der Waals surface area (Å²) in [4.78, 5) is 11.3. The van der Waals surface area contributed by atoms with E-state index >= 15 is 0 Å². The fourth-order valence-electron chi connectivity index (χ4n) is 2.28. The molecular weight excluding hydrogens is 311 g/mol. The number of hydrogen-bond acceptors (Lipinski definition) is 1. The average Bonchev–Trinajstić information content (AvgIpc) is 2.59. The molecule has 0 aromatic heterocycles. The molecule has 0 heterocycles. The molecule has 0 spiro atoms. The number of ketones is 1. The highest BCUT2D eigenvalue weighted by atomic mass is 127. The summed E-state index contributed by atoms with van der Waals surface area (Å²) in [5.41, 5.74) is 0.169. The van der Waals surface area contributed by atoms with Crippen LogP contribution in [-0.2, 0) is 4.79 Å². The van der Waals surface area contributed by atoms with Crippen molar-refractivity contribution in [2.45, 2.75) is 65.2 Å². The van der Waals surface area contributed by atoms with Gasteiger partial charge in [0, 0.05) is 18.3 Å². The summed E-state index contributed by atoms with van der Waals surface area (Å²) in [6.07, 6.45) is 11.4. The third-order valence-electron chi connectivity index (χ3n) is 3.50. The van der Waals surface area contributed by atoms with Crippen molar-refractivity contribution in [2.75, 3.05) is 0 Å². The highest BCUT2D eigenvalue weighted by molar-refractivity contribution is 14.1. The summed E-state index contributed by atoms with van der Waals surface area (Å²) in [5, 5.41) is 0. The third kappa shape index (κ3) is 4.19. The molecule has 1 aliphatic rings. The summed E-state index contributed by atoms with van der Waals surface area (Å²) >= 11 is 2.44. The SMILES string of the molecule is CCCCCC/C=C(\I)[C@]1(C)CCC(=O)C1. The molecule has 1 atom stereocenters. The lowest BCUT2D eigenvalue weighted by Gasteiger charge is -2.22. The topological polar surface area (TPSA) is 17.1 Å². The Bertz CT molecular complexity index is 270. The molecule has 0 saturated heterocycles. The highest BCUT2D eigenvalue weighted by Crippen LogP contribution is 2.45. The van der Waals surface area contributed by atoms with Crippen LogP contribution >= 0.6 is 22.6 Å². The molecule has 1 rings (SSSR count). The molecule has 0 amide bonds. The second-order valence-electron chi connectivity index (χ2n) is 5.18. The number of halogens is 1. The standard InChI is InChI=1S/C14H23IO/c1-3-4-5-6-7-8-13(15)14(2)10-9-12(16)11-14/h8H,3-7,9-11H2,1-2H3/b13-8-/t14-/m1/s1. The van der Waals surface area contributed by atoms with Crippen LogP contribution in [-0.4, -0.2) is 5.78 Å². The molecule has 0 aromatic rings. The van der Waals surface area contributed by atoms with Crippen LogP contribution in [0, 0.1) is 5.41 Å². The van der Waals surface area contributed by atoms with Crippen molar-refractivity contribution in [3.63, 3.8) is 0 Å². The quantitative estimate of drug-likeness (QED) is 0.491. The lowest BCUT2D eigenvalue weighted by molar-refractivity contribution is -0.117. The summed E-state index contributed by atoms with van der Waals surface area (Å²) in [6.45, 7) is 4.48. The van der Waals surface area contributed by atoms with E-state index in [1.807, 2.05) is 0 Å². The first-order valence-electron chi connectivity index (χ1n) is 6.46. The Kier molecular flexibility index (Phi) is 6.01. The van der Waals surface area contributed by atoms with E-state index in [1.54, 1.807) is 0 Å². The minimum atomic E-state index is 0.169. The lowest BCUT2D eigenvalue weighted by Crippen LogP contribution is -2.11. The van der Waals surface area contributed by atoms with E-state index in [4.69, 9.17) is 0 Å². The normalized spacial score (nSPS) is 26.4. The van der Waals surface area contributed by atoms with E-state index in [-0.39, 0.29) is 5.41 Å². The van der Waals surface area contributed by atoms with Crippen molar-refractivity contribution in [1.29, 1.82) is 0 Å². The fourth-order valence-corrected chi connectivity index (χ4v) is 3.05. The summed E-state index contributed by atoms with van der Waals surface area (Å²) < 4.78 is 1.41. The van der Waals surface area contributed by atoms with E-state index < -0.39 is 0 Å². The van der Waals surface area contributed by atoms with Crippen molar-refractivity contribution in [3.05, 3.63) is 9.66 Å². The lowest BCUT2D eigenvalue weighted by atomic mass is 9.88. The van der Waals surface area contributed by atoms with Gasteiger partial charge in [-0.05, 0) is 45.4 Å². The van der Waals surface area contributed by atoms with Gasteiger partial charge >= 0.3 is 0 Å². The average molecular weight is 334 g/mol. The Morgan fingerprint density at radius 2 is 2.19 bits per heavy atom. The largest absolute Gasteiger partial charge is 0.300 e. The maximum Gasteiger partial charge on any atom is 0.133 e. The molecule has 92 valence electrons. The smallest absolute Gasteiger partial charge is 0.133 e. The summed E-state index contributed by atoms with van der Waals surface area (Å²) in [6, 6.07) is 0. The molecule has 1 aliphatic carbocycles. The minimum absolute atomic E-state index is 0.169. The highest BCUT2D eigenvalue weighted by Gasteiger charge is 2.35. The second kappa shape index (κ2) is 6.77. The van der Waals surface area contributed by atoms with Crippen LogP contribution in [0.4, 0.5) is 0 Å². The van der Waals surface area contributed by atoms with E-state index in [0.717, 1.165) is 19.3 Å². The first-order valence-corrected chi connectivity index (χ1v) is 7.54. The van der Waals surface area contributed by atoms with Gasteiger partial charge in [-0.1, -0.05) is 39.2 Å². The predicted molar refractivity (Wildman–Crippen MR) is 77.8 cm³/mol. The number of rotatable bonds is 6. The van der Waals surface area contributed by atoms with Gasteiger partial charge < -0.3 is 0 Å². The van der Waals surface area contributed by atoms with Gasteiger partial charge in [0.1, 0.15) is 5.78 Å². The summed E-state index contributed by atoms with van der Waals surface area (Å²) in [5.74, 6) is 0.441. The zero-order chi connectivity index (χ0) is 12.0. The molecule has 1 saturated carbocycles. The van der Waals surface area contributed by atoms with Crippen LogP contribution in [0.1, 0.15) is 65.2 Å². The molecule has 2 heteroatoms. The van der Waals surface area contributed by atoms with E-state index in [1.165, 1.54) is 35.7 Å². The number of carbonyl (C=O) groups excluding carboxylic acids is 1. The van der Waals surface area contributed by atoms with Crippen LogP contribution in [0.2, 0.25) is 0 Å². The maximum atomic E-state index is 11.3. The molecule has 1 nitrogen and oxygen atoms in total. The zero-order valence-electron chi connectivity index (χ0n) is 10.5. The van der Waals surface area contributed by atoms with Crippen molar-refractivity contribution < 1.29 is 4.79 Å². The number of carbonyl (C=O) groups is 1. The Balaban J connectivity index is 2.35. The van der Waals surface area contributed by atoms with Gasteiger partial charge in [0.25, 0.3) is 0 Å². The summed E-state index contributed by atoms with van der Waals surface area (Å²) in [7, 11) is 0. The molecule has 16 heavy (non-hydrogen) atoms. The Labute approximate surface area is 113 Å². The van der Waals surface area contributed by atoms with Gasteiger partial charge in [0.2, 0.25) is 0 Å². The van der Waals surface area contributed by atoms with E-state index in [2.05, 4.69) is 42.5 Å². The van der Waals surface area contributed by atoms with Crippen LogP contribution in [0.25, 0.3) is 0 Å². The zero-order valence-corrected chi connectivity index (χ0v) is 12.7. The molecule has 0 N–H and O–H groups in total. The molecule has 0 bridgehead atoms. The van der Waals surface area contributed by atoms with Crippen molar-refractivity contribution >= 4 is 28.4 Å². The van der Waals surface area contributed by atoms with Crippen LogP contribution in [0.15, 0.2) is 9.66 Å². The molecule has 1 fully saturated rings. The Morgan fingerprint density at radius 3 is 2.75 bits per heavy atom. The van der Waals surface area contributed by atoms with Gasteiger partial charge in [0.15, 0.2) is 0 Å². The van der Waals surface area contributed by atoms with Gasteiger partial charge in [-0.15, -0.1) is 0 Å². The number of allylic oxidation sites excluding steroid dienone is 2. The van der Waals surface area contributed by atoms with E-state index in [0.29, 0.717) is 5.78 Å². The molecule has 0 aromatic carbocycles. The fraction of sp³-hybridized carbons (Fsp3) is 0.786. The predicted octanol–water partition coefficient (Wildman–Crippen LogP) is 5.04. The molecular formula is C14H23IO. The van der Waals surface area contributed by atoms with Crippen molar-refractivity contribution in [1.82, 2.24) is 0 Å². The third-order valence-corrected chi connectivity index (χ3v) is 5.24. The number of hydrogen-bond donors (Lipinski definition) is 0. The minimum Gasteiger partial charge on any atom is -0.300 e. The second-order valence-corrected chi connectivity index (χ2v) is 6.34.